The molecule has 1 fully saturated rings. The standard InChI is InChI=1S/C13H10BrN3O3S/c1-20-11(18)6-10-12(19)16-13(21-10)17-15-7-8-4-2-3-5-9(8)14/h2-7H,1H3,(H,16,17,19)/b10-6+,15-7?. The average Bonchev–Trinajstić information content (AvgIpc) is 2.81. The number of rotatable bonds is 3. The SMILES string of the molecule is COC(=O)/C=C1/S/C(=N\N=Cc2ccccc2Br)NC1=O. The van der Waals surface area contributed by atoms with Crippen molar-refractivity contribution in [2.75, 3.05) is 7.11 Å². The summed E-state index contributed by atoms with van der Waals surface area (Å²) >= 11 is 4.41. The monoisotopic (exact) mass is 367 g/mol. The smallest absolute Gasteiger partial charge is 0.331 e. The van der Waals surface area contributed by atoms with Crippen molar-refractivity contribution in [1.29, 1.82) is 0 Å². The van der Waals surface area contributed by atoms with Crippen molar-refractivity contribution in [2.24, 2.45) is 10.2 Å². The third-order valence-corrected chi connectivity index (χ3v) is 3.97. The predicted octanol–water partition coefficient (Wildman–Crippen LogP) is 2.06. The summed E-state index contributed by atoms with van der Waals surface area (Å²) in [5.74, 6) is -0.995. The molecule has 0 aliphatic carbocycles. The number of nitrogens with zero attached hydrogens (tertiary/aromatic N) is 2. The molecule has 0 atom stereocenters. The van der Waals surface area contributed by atoms with Gasteiger partial charge in [0.05, 0.1) is 18.2 Å². The zero-order chi connectivity index (χ0) is 15.2. The molecule has 8 heteroatoms. The van der Waals surface area contributed by atoms with Crippen molar-refractivity contribution < 1.29 is 14.3 Å². The molecule has 1 N–H and O–H groups in total. The number of carbonyl (C=O) groups excluding carboxylic acids is 2. The summed E-state index contributed by atoms with van der Waals surface area (Å²) in [5.41, 5.74) is 0.862. The quantitative estimate of drug-likeness (QED) is 0.383. The van der Waals surface area contributed by atoms with Crippen molar-refractivity contribution in [3.05, 3.63) is 45.3 Å². The van der Waals surface area contributed by atoms with Crippen molar-refractivity contribution in [2.45, 2.75) is 0 Å². The molecule has 0 radical (unpaired) electrons. The van der Waals surface area contributed by atoms with Gasteiger partial charge in [-0.2, -0.15) is 5.10 Å². The average molecular weight is 368 g/mol. The Morgan fingerprint density at radius 2 is 2.19 bits per heavy atom. The first kappa shape index (κ1) is 15.5. The molecule has 0 unspecified atom stereocenters. The molecule has 1 aliphatic rings. The van der Waals surface area contributed by atoms with E-state index in [2.05, 4.69) is 36.2 Å². The van der Waals surface area contributed by atoms with Crippen LogP contribution in [0.3, 0.4) is 0 Å². The molecule has 1 amide bonds. The molecule has 108 valence electrons. The van der Waals surface area contributed by atoms with Gasteiger partial charge in [0.15, 0.2) is 5.17 Å². The van der Waals surface area contributed by atoms with Gasteiger partial charge in [-0.15, -0.1) is 5.10 Å². The van der Waals surface area contributed by atoms with Crippen molar-refractivity contribution in [1.82, 2.24) is 5.32 Å². The van der Waals surface area contributed by atoms with E-state index >= 15 is 0 Å². The lowest BCUT2D eigenvalue weighted by Gasteiger charge is -1.94. The number of nitrogens with one attached hydrogen (secondary N) is 1. The van der Waals surface area contributed by atoms with Gasteiger partial charge in [-0.1, -0.05) is 34.1 Å². The number of thioether (sulfide) groups is 1. The van der Waals surface area contributed by atoms with Crippen LogP contribution in [0.5, 0.6) is 0 Å². The Morgan fingerprint density at radius 3 is 2.90 bits per heavy atom. The minimum absolute atomic E-state index is 0.219. The van der Waals surface area contributed by atoms with Crippen LogP contribution in [0.4, 0.5) is 0 Å². The van der Waals surface area contributed by atoms with E-state index in [1.54, 1.807) is 6.21 Å². The molecule has 6 nitrogen and oxygen atoms in total. The van der Waals surface area contributed by atoms with E-state index in [4.69, 9.17) is 0 Å². The second-order valence-corrected chi connectivity index (χ2v) is 5.64. The van der Waals surface area contributed by atoms with Gasteiger partial charge in [0.2, 0.25) is 0 Å². The van der Waals surface area contributed by atoms with Crippen LogP contribution in [0.15, 0.2) is 49.9 Å². The number of esters is 1. The molecule has 0 aromatic heterocycles. The Bertz CT molecular complexity index is 670. The highest BCUT2D eigenvalue weighted by molar-refractivity contribution is 9.10. The van der Waals surface area contributed by atoms with E-state index in [0.717, 1.165) is 27.9 Å². The normalized spacial score (nSPS) is 18.5. The van der Waals surface area contributed by atoms with Crippen LogP contribution in [0.25, 0.3) is 0 Å². The molecule has 1 heterocycles. The fraction of sp³-hybridized carbons (Fsp3) is 0.0769. The highest BCUT2D eigenvalue weighted by Gasteiger charge is 2.24. The third-order valence-electron chi connectivity index (χ3n) is 2.35. The lowest BCUT2D eigenvalue weighted by Crippen LogP contribution is -2.19. The topological polar surface area (TPSA) is 80.1 Å². The number of ether oxygens (including phenoxy) is 1. The fourth-order valence-electron chi connectivity index (χ4n) is 1.36. The Hall–Kier alpha value is -1.93. The van der Waals surface area contributed by atoms with E-state index in [0.29, 0.717) is 5.17 Å². The van der Waals surface area contributed by atoms with Crippen LogP contribution in [-0.2, 0) is 14.3 Å². The molecule has 1 aromatic rings. The van der Waals surface area contributed by atoms with Gasteiger partial charge in [0.25, 0.3) is 5.91 Å². The van der Waals surface area contributed by atoms with Crippen LogP contribution in [0.1, 0.15) is 5.56 Å². The summed E-state index contributed by atoms with van der Waals surface area (Å²) in [7, 11) is 1.24. The number of benzene rings is 1. The zero-order valence-corrected chi connectivity index (χ0v) is 13.3. The Balaban J connectivity index is 2.07. The number of hydrogen-bond donors (Lipinski definition) is 1. The van der Waals surface area contributed by atoms with Gasteiger partial charge >= 0.3 is 5.97 Å². The van der Waals surface area contributed by atoms with E-state index in [9.17, 15) is 9.59 Å². The largest absolute Gasteiger partial charge is 0.466 e. The molecule has 1 aliphatic heterocycles. The number of amides is 1. The first-order valence-corrected chi connectivity index (χ1v) is 7.35. The minimum atomic E-state index is -0.592. The second-order valence-electron chi connectivity index (χ2n) is 3.76. The molecule has 2 rings (SSSR count). The molecule has 1 aromatic carbocycles. The molecular formula is C13H10BrN3O3S. The van der Waals surface area contributed by atoms with Crippen LogP contribution >= 0.6 is 27.7 Å². The van der Waals surface area contributed by atoms with Gasteiger partial charge < -0.3 is 4.74 Å². The number of amidine groups is 1. The molecule has 1 saturated heterocycles. The second kappa shape index (κ2) is 7.19. The molecular weight excluding hydrogens is 358 g/mol. The maximum Gasteiger partial charge on any atom is 0.331 e. The van der Waals surface area contributed by atoms with Crippen LogP contribution in [0, 0.1) is 0 Å². The van der Waals surface area contributed by atoms with Crippen LogP contribution in [0.2, 0.25) is 0 Å². The maximum atomic E-state index is 11.6. The first-order valence-electron chi connectivity index (χ1n) is 5.74. The summed E-state index contributed by atoms with van der Waals surface area (Å²) in [6.45, 7) is 0. The van der Waals surface area contributed by atoms with Crippen LogP contribution < -0.4 is 5.32 Å². The summed E-state index contributed by atoms with van der Waals surface area (Å²) in [6, 6.07) is 7.53. The van der Waals surface area contributed by atoms with Gasteiger partial charge in [-0.05, 0) is 17.8 Å². The highest BCUT2D eigenvalue weighted by atomic mass is 79.9. The van der Waals surface area contributed by atoms with Gasteiger partial charge in [-0.25, -0.2) is 4.79 Å². The Morgan fingerprint density at radius 1 is 1.43 bits per heavy atom. The summed E-state index contributed by atoms with van der Waals surface area (Å²) in [4.78, 5) is 22.9. The molecule has 21 heavy (non-hydrogen) atoms. The Kier molecular flexibility index (Phi) is 5.29. The number of methoxy groups -OCH3 is 1. The molecule has 0 saturated carbocycles. The lowest BCUT2D eigenvalue weighted by atomic mass is 10.2. The number of hydrogen-bond acceptors (Lipinski definition) is 6. The Labute approximate surface area is 133 Å². The lowest BCUT2D eigenvalue weighted by molar-refractivity contribution is -0.135. The van der Waals surface area contributed by atoms with Crippen molar-refractivity contribution in [3.63, 3.8) is 0 Å². The molecule has 0 spiro atoms. The van der Waals surface area contributed by atoms with E-state index in [1.807, 2.05) is 24.3 Å². The van der Waals surface area contributed by atoms with Crippen LogP contribution in [-0.4, -0.2) is 30.4 Å². The number of halogens is 1. The summed E-state index contributed by atoms with van der Waals surface area (Å²) < 4.78 is 5.36. The van der Waals surface area contributed by atoms with Crippen molar-refractivity contribution in [3.8, 4) is 0 Å². The predicted molar refractivity (Wildman–Crippen MR) is 85.0 cm³/mol. The van der Waals surface area contributed by atoms with E-state index < -0.39 is 11.9 Å². The zero-order valence-electron chi connectivity index (χ0n) is 10.9. The summed E-state index contributed by atoms with van der Waals surface area (Å²) in [6.07, 6.45) is 2.67. The van der Waals surface area contributed by atoms with Gasteiger partial charge in [0, 0.05) is 16.1 Å². The first-order chi connectivity index (χ1) is 10.1. The minimum Gasteiger partial charge on any atom is -0.466 e. The highest BCUT2D eigenvalue weighted by Crippen LogP contribution is 2.23. The molecule has 0 bridgehead atoms. The van der Waals surface area contributed by atoms with E-state index in [1.165, 1.54) is 7.11 Å². The van der Waals surface area contributed by atoms with Gasteiger partial charge in [0.1, 0.15) is 0 Å². The van der Waals surface area contributed by atoms with Crippen molar-refractivity contribution >= 4 is 51.0 Å². The fourth-order valence-corrected chi connectivity index (χ4v) is 2.49. The number of carbonyl (C=O) groups is 2. The summed E-state index contributed by atoms with van der Waals surface area (Å²) in [5, 5.41) is 10.6. The van der Waals surface area contributed by atoms with Gasteiger partial charge in [-0.3, -0.25) is 10.1 Å². The third kappa shape index (κ3) is 4.27. The van der Waals surface area contributed by atoms with E-state index in [-0.39, 0.29) is 4.91 Å². The maximum absolute atomic E-state index is 11.6.